The summed E-state index contributed by atoms with van der Waals surface area (Å²) in [6.45, 7) is 0.541. The highest BCUT2D eigenvalue weighted by Gasteiger charge is 2.39. The first-order valence-corrected chi connectivity index (χ1v) is 6.79. The number of benzene rings is 1. The number of nitrogens with zero attached hydrogens (tertiary/aromatic N) is 1. The number of hydrogen-bond acceptors (Lipinski definition) is 3. The third-order valence-corrected chi connectivity index (χ3v) is 3.74. The first-order valence-electron chi connectivity index (χ1n) is 6.79. The van der Waals surface area contributed by atoms with Crippen LogP contribution in [0.25, 0.3) is 0 Å². The minimum atomic E-state index is -0.0266. The minimum absolute atomic E-state index is 0.0266. The lowest BCUT2D eigenvalue weighted by Crippen LogP contribution is -2.30. The number of rotatable bonds is 5. The fourth-order valence-corrected chi connectivity index (χ4v) is 2.62. The number of carbonyl (C=O) groups excluding carboxylic acids is 2. The SMILES string of the molecule is O=C1CCC(=O)N1CCCC1OC1c1ccccc1. The van der Waals surface area contributed by atoms with E-state index in [1.54, 1.807) is 0 Å². The molecule has 2 aliphatic rings. The molecule has 0 bridgehead atoms. The van der Waals surface area contributed by atoms with E-state index in [2.05, 4.69) is 12.1 Å². The largest absolute Gasteiger partial charge is 0.365 e. The summed E-state index contributed by atoms with van der Waals surface area (Å²) in [5.74, 6) is -0.0531. The summed E-state index contributed by atoms with van der Waals surface area (Å²) in [5.41, 5.74) is 1.21. The summed E-state index contributed by atoms with van der Waals surface area (Å²) in [7, 11) is 0. The van der Waals surface area contributed by atoms with Gasteiger partial charge in [0.15, 0.2) is 0 Å². The van der Waals surface area contributed by atoms with Gasteiger partial charge in [0.25, 0.3) is 0 Å². The lowest BCUT2D eigenvalue weighted by atomic mass is 10.1. The molecule has 0 spiro atoms. The monoisotopic (exact) mass is 259 g/mol. The maximum Gasteiger partial charge on any atom is 0.229 e. The average Bonchev–Trinajstić information content (AvgIpc) is 3.14. The van der Waals surface area contributed by atoms with Crippen LogP contribution in [0, 0.1) is 0 Å². The molecule has 2 amide bonds. The molecule has 0 N–H and O–H groups in total. The summed E-state index contributed by atoms with van der Waals surface area (Å²) in [6.07, 6.45) is 2.93. The van der Waals surface area contributed by atoms with Crippen LogP contribution in [0.1, 0.15) is 37.4 Å². The lowest BCUT2D eigenvalue weighted by Gasteiger charge is -2.12. The topological polar surface area (TPSA) is 49.9 Å². The number of imide groups is 1. The highest BCUT2D eigenvalue weighted by molar-refractivity contribution is 6.01. The van der Waals surface area contributed by atoms with Crippen LogP contribution < -0.4 is 0 Å². The number of likely N-dealkylation sites (tertiary alicyclic amines) is 1. The van der Waals surface area contributed by atoms with Gasteiger partial charge in [0, 0.05) is 19.4 Å². The lowest BCUT2D eigenvalue weighted by molar-refractivity contribution is -0.138. The van der Waals surface area contributed by atoms with E-state index in [9.17, 15) is 9.59 Å². The summed E-state index contributed by atoms with van der Waals surface area (Å²) in [5, 5.41) is 0. The van der Waals surface area contributed by atoms with Gasteiger partial charge >= 0.3 is 0 Å². The molecule has 2 heterocycles. The molecule has 1 aromatic rings. The van der Waals surface area contributed by atoms with Gasteiger partial charge in [-0.3, -0.25) is 14.5 Å². The molecule has 19 heavy (non-hydrogen) atoms. The number of amides is 2. The number of ether oxygens (including phenoxy) is 1. The van der Waals surface area contributed by atoms with Crippen molar-refractivity contribution < 1.29 is 14.3 Å². The van der Waals surface area contributed by atoms with Crippen LogP contribution >= 0.6 is 0 Å². The van der Waals surface area contributed by atoms with Crippen molar-refractivity contribution >= 4 is 11.8 Å². The first-order chi connectivity index (χ1) is 9.25. The molecule has 2 unspecified atom stereocenters. The zero-order valence-corrected chi connectivity index (χ0v) is 10.7. The van der Waals surface area contributed by atoms with E-state index in [4.69, 9.17) is 4.74 Å². The average molecular weight is 259 g/mol. The van der Waals surface area contributed by atoms with Gasteiger partial charge < -0.3 is 4.74 Å². The standard InChI is InChI=1S/C15H17NO3/c17-13-8-9-14(18)16(13)10-4-7-12-15(19-12)11-5-2-1-3-6-11/h1-3,5-6,12,15H,4,7-10H2. The van der Waals surface area contributed by atoms with Crippen LogP contribution in [0.5, 0.6) is 0 Å². The van der Waals surface area contributed by atoms with Crippen molar-refractivity contribution in [2.75, 3.05) is 6.54 Å². The van der Waals surface area contributed by atoms with Crippen LogP contribution in [0.15, 0.2) is 30.3 Å². The summed E-state index contributed by atoms with van der Waals surface area (Å²) in [4.78, 5) is 24.3. The summed E-state index contributed by atoms with van der Waals surface area (Å²) in [6, 6.07) is 10.1. The van der Waals surface area contributed by atoms with E-state index in [0.29, 0.717) is 19.4 Å². The van der Waals surface area contributed by atoms with E-state index in [-0.39, 0.29) is 24.0 Å². The van der Waals surface area contributed by atoms with Gasteiger partial charge in [0.05, 0.1) is 6.10 Å². The molecule has 4 heteroatoms. The quantitative estimate of drug-likeness (QED) is 0.600. The smallest absolute Gasteiger partial charge is 0.229 e. The molecule has 2 saturated heterocycles. The molecule has 4 nitrogen and oxygen atoms in total. The molecule has 1 aromatic carbocycles. The fourth-order valence-electron chi connectivity index (χ4n) is 2.62. The molecule has 0 radical (unpaired) electrons. The Morgan fingerprint density at radius 3 is 2.47 bits per heavy atom. The van der Waals surface area contributed by atoms with Gasteiger partial charge in [-0.15, -0.1) is 0 Å². The first kappa shape index (κ1) is 12.4. The van der Waals surface area contributed by atoms with Crippen molar-refractivity contribution in [2.45, 2.75) is 37.9 Å². The second kappa shape index (κ2) is 5.13. The Morgan fingerprint density at radius 1 is 1.11 bits per heavy atom. The molecule has 3 rings (SSSR count). The number of epoxide rings is 1. The van der Waals surface area contributed by atoms with Crippen molar-refractivity contribution in [3.05, 3.63) is 35.9 Å². The van der Waals surface area contributed by atoms with Gasteiger partial charge in [-0.25, -0.2) is 0 Å². The highest BCUT2D eigenvalue weighted by Crippen LogP contribution is 2.41. The predicted molar refractivity (Wildman–Crippen MR) is 69.2 cm³/mol. The van der Waals surface area contributed by atoms with Crippen LogP contribution in [0.2, 0.25) is 0 Å². The van der Waals surface area contributed by atoms with E-state index in [0.717, 1.165) is 12.8 Å². The molecule has 100 valence electrons. The van der Waals surface area contributed by atoms with Gasteiger partial charge in [-0.2, -0.15) is 0 Å². The fraction of sp³-hybridized carbons (Fsp3) is 0.467. The Labute approximate surface area is 112 Å². The molecule has 0 aliphatic carbocycles. The summed E-state index contributed by atoms with van der Waals surface area (Å²) >= 11 is 0. The number of hydrogen-bond donors (Lipinski definition) is 0. The van der Waals surface area contributed by atoms with Crippen molar-refractivity contribution in [3.63, 3.8) is 0 Å². The zero-order valence-electron chi connectivity index (χ0n) is 10.7. The molecule has 0 saturated carbocycles. The van der Waals surface area contributed by atoms with Crippen molar-refractivity contribution in [3.8, 4) is 0 Å². The van der Waals surface area contributed by atoms with Crippen LogP contribution in [-0.4, -0.2) is 29.4 Å². The minimum Gasteiger partial charge on any atom is -0.365 e. The van der Waals surface area contributed by atoms with E-state index >= 15 is 0 Å². The molecular weight excluding hydrogens is 242 g/mol. The molecule has 2 atom stereocenters. The second-order valence-corrected chi connectivity index (χ2v) is 5.09. The van der Waals surface area contributed by atoms with Crippen LogP contribution in [-0.2, 0) is 14.3 Å². The zero-order chi connectivity index (χ0) is 13.2. The van der Waals surface area contributed by atoms with E-state index < -0.39 is 0 Å². The molecular formula is C15H17NO3. The Balaban J connectivity index is 1.43. The molecule has 2 fully saturated rings. The van der Waals surface area contributed by atoms with Crippen LogP contribution in [0.3, 0.4) is 0 Å². The highest BCUT2D eigenvalue weighted by atomic mass is 16.6. The molecule has 2 aliphatic heterocycles. The third kappa shape index (κ3) is 2.68. The predicted octanol–water partition coefficient (Wildman–Crippen LogP) is 2.06. The Bertz CT molecular complexity index is 469. The third-order valence-electron chi connectivity index (χ3n) is 3.74. The van der Waals surface area contributed by atoms with Gasteiger partial charge in [0.1, 0.15) is 6.10 Å². The van der Waals surface area contributed by atoms with Gasteiger partial charge in [0.2, 0.25) is 11.8 Å². The van der Waals surface area contributed by atoms with Crippen LogP contribution in [0.4, 0.5) is 0 Å². The van der Waals surface area contributed by atoms with E-state index in [1.807, 2.05) is 18.2 Å². The van der Waals surface area contributed by atoms with E-state index in [1.165, 1.54) is 10.5 Å². The van der Waals surface area contributed by atoms with Crippen molar-refractivity contribution in [1.82, 2.24) is 4.90 Å². The normalized spacial score (nSPS) is 26.0. The van der Waals surface area contributed by atoms with Gasteiger partial charge in [-0.1, -0.05) is 30.3 Å². The maximum atomic E-state index is 11.4. The summed E-state index contributed by atoms with van der Waals surface area (Å²) < 4.78 is 5.63. The second-order valence-electron chi connectivity index (χ2n) is 5.09. The number of carbonyl (C=O) groups is 2. The Morgan fingerprint density at radius 2 is 1.79 bits per heavy atom. The Hall–Kier alpha value is -1.68. The van der Waals surface area contributed by atoms with Crippen molar-refractivity contribution in [2.24, 2.45) is 0 Å². The Kier molecular flexibility index (Phi) is 3.34. The van der Waals surface area contributed by atoms with Crippen molar-refractivity contribution in [1.29, 1.82) is 0 Å². The molecule has 0 aromatic heterocycles. The maximum absolute atomic E-state index is 11.4. The van der Waals surface area contributed by atoms with Gasteiger partial charge in [-0.05, 0) is 18.4 Å².